The minimum absolute atomic E-state index is 0.0958. The molecule has 0 aliphatic carbocycles. The predicted molar refractivity (Wildman–Crippen MR) is 88.1 cm³/mol. The van der Waals surface area contributed by atoms with Gasteiger partial charge in [-0.05, 0) is 51.7 Å². The maximum atomic E-state index is 10.6. The third kappa shape index (κ3) is 20.8. The predicted octanol–water partition coefficient (Wildman–Crippen LogP) is 0.186. The smallest absolute Gasteiger partial charge is 0.243 e. The van der Waals surface area contributed by atoms with E-state index in [1.165, 1.54) is 12.2 Å². The van der Waals surface area contributed by atoms with E-state index in [2.05, 4.69) is 41.3 Å². The van der Waals surface area contributed by atoms with E-state index in [9.17, 15) is 9.59 Å². The zero-order valence-corrected chi connectivity index (χ0v) is 13.3. The molecule has 0 aliphatic rings. The van der Waals surface area contributed by atoms with Gasteiger partial charge < -0.3 is 21.3 Å². The summed E-state index contributed by atoms with van der Waals surface area (Å²) in [5, 5.41) is 11.5. The molecular weight excluding hydrogens is 268 g/mol. The number of carbonyl (C=O) groups excluding carboxylic acids is 2. The molecule has 0 saturated heterocycles. The van der Waals surface area contributed by atoms with Gasteiger partial charge >= 0.3 is 0 Å². The van der Waals surface area contributed by atoms with Crippen LogP contribution in [0.2, 0.25) is 0 Å². The Morgan fingerprint density at radius 1 is 0.905 bits per heavy atom. The summed E-state index contributed by atoms with van der Waals surface area (Å²) in [7, 11) is 1.88. The second kappa shape index (κ2) is 18.3. The monoisotopic (exact) mass is 298 g/mol. The van der Waals surface area contributed by atoms with E-state index in [4.69, 9.17) is 0 Å². The first kappa shape index (κ1) is 21.6. The lowest BCUT2D eigenvalue weighted by molar-refractivity contribution is -0.117. The topological polar surface area (TPSA) is 82.3 Å². The van der Waals surface area contributed by atoms with Crippen LogP contribution in [-0.2, 0) is 9.59 Å². The Morgan fingerprint density at radius 3 is 1.76 bits per heavy atom. The molecule has 4 N–H and O–H groups in total. The van der Waals surface area contributed by atoms with Crippen LogP contribution in [0.5, 0.6) is 0 Å². The van der Waals surface area contributed by atoms with Gasteiger partial charge in [0.25, 0.3) is 0 Å². The van der Waals surface area contributed by atoms with Crippen molar-refractivity contribution in [3.63, 3.8) is 0 Å². The molecule has 0 bridgehead atoms. The van der Waals surface area contributed by atoms with Crippen molar-refractivity contribution in [3.05, 3.63) is 25.3 Å². The lowest BCUT2D eigenvalue weighted by Crippen LogP contribution is -2.25. The first-order valence-electron chi connectivity index (χ1n) is 7.28. The Bertz CT molecular complexity index is 293. The molecule has 0 radical (unpaired) electrons. The summed E-state index contributed by atoms with van der Waals surface area (Å²) >= 11 is 0. The van der Waals surface area contributed by atoms with Crippen molar-refractivity contribution in [1.82, 2.24) is 21.3 Å². The quantitative estimate of drug-likeness (QED) is 0.324. The van der Waals surface area contributed by atoms with E-state index in [1.54, 1.807) is 0 Å². The maximum absolute atomic E-state index is 10.6. The van der Waals surface area contributed by atoms with E-state index in [1.807, 2.05) is 7.05 Å². The van der Waals surface area contributed by atoms with E-state index in [0.717, 1.165) is 39.0 Å². The van der Waals surface area contributed by atoms with Gasteiger partial charge in [-0.15, -0.1) is 0 Å². The fraction of sp³-hybridized carbons (Fsp3) is 0.600. The molecule has 0 unspecified atom stereocenters. The van der Waals surface area contributed by atoms with Crippen LogP contribution in [0.1, 0.15) is 19.8 Å². The highest BCUT2D eigenvalue weighted by molar-refractivity contribution is 5.87. The molecule has 0 spiro atoms. The van der Waals surface area contributed by atoms with Crippen LogP contribution in [0.15, 0.2) is 25.3 Å². The minimum atomic E-state index is -0.101. The van der Waals surface area contributed by atoms with Gasteiger partial charge in [0, 0.05) is 13.1 Å². The average molecular weight is 298 g/mol. The average Bonchev–Trinajstić information content (AvgIpc) is 2.51. The fourth-order valence-electron chi connectivity index (χ4n) is 1.22. The zero-order chi connectivity index (χ0) is 16.3. The van der Waals surface area contributed by atoms with Crippen molar-refractivity contribution in [2.45, 2.75) is 19.8 Å². The Balaban J connectivity index is 0. The number of rotatable bonds is 11. The summed E-state index contributed by atoms with van der Waals surface area (Å²) < 4.78 is 0. The summed E-state index contributed by atoms with van der Waals surface area (Å²) in [4.78, 5) is 21.1. The standard InChI is InChI=1S/C8H16N2O.C7H14N2O/c1-3-8(11)10-7-5-6-9-4-2;1-3-7(10)9-6-4-5-8-2/h3,9H,1,4-7H2,2H3,(H,10,11);3,8H,1,4-6H2,2H3,(H,9,10). The number of hydrogen-bond donors (Lipinski definition) is 4. The highest BCUT2D eigenvalue weighted by atomic mass is 16.2. The SMILES string of the molecule is C=CC(=O)NCCCNC.C=CC(=O)NCCCNCC. The van der Waals surface area contributed by atoms with Gasteiger partial charge in [-0.2, -0.15) is 0 Å². The van der Waals surface area contributed by atoms with E-state index in [-0.39, 0.29) is 11.8 Å². The van der Waals surface area contributed by atoms with Gasteiger partial charge in [0.05, 0.1) is 0 Å². The van der Waals surface area contributed by atoms with Crippen LogP contribution >= 0.6 is 0 Å². The van der Waals surface area contributed by atoms with E-state index in [0.29, 0.717) is 6.54 Å². The molecule has 0 heterocycles. The maximum Gasteiger partial charge on any atom is 0.243 e. The van der Waals surface area contributed by atoms with Crippen LogP contribution < -0.4 is 21.3 Å². The molecule has 6 nitrogen and oxygen atoms in total. The first-order chi connectivity index (χ1) is 10.1. The lowest BCUT2D eigenvalue weighted by atomic mass is 10.4. The molecule has 0 aliphatic heterocycles. The van der Waals surface area contributed by atoms with Crippen molar-refractivity contribution >= 4 is 11.8 Å². The van der Waals surface area contributed by atoms with Gasteiger partial charge in [-0.3, -0.25) is 9.59 Å². The third-order valence-electron chi connectivity index (χ3n) is 2.35. The molecule has 0 fully saturated rings. The summed E-state index contributed by atoms with van der Waals surface area (Å²) in [6.45, 7) is 13.0. The molecule has 0 rings (SSSR count). The molecule has 122 valence electrons. The molecule has 2 amide bonds. The number of nitrogens with one attached hydrogen (secondary N) is 4. The van der Waals surface area contributed by atoms with Gasteiger partial charge in [-0.25, -0.2) is 0 Å². The van der Waals surface area contributed by atoms with Crippen LogP contribution in [-0.4, -0.2) is 51.6 Å². The van der Waals surface area contributed by atoms with Gasteiger partial charge in [0.2, 0.25) is 11.8 Å². The van der Waals surface area contributed by atoms with Crippen molar-refractivity contribution in [3.8, 4) is 0 Å². The third-order valence-corrected chi connectivity index (χ3v) is 2.35. The van der Waals surface area contributed by atoms with Gasteiger partial charge in [-0.1, -0.05) is 20.1 Å². The number of carbonyl (C=O) groups is 2. The zero-order valence-electron chi connectivity index (χ0n) is 13.3. The van der Waals surface area contributed by atoms with Crippen LogP contribution in [0.25, 0.3) is 0 Å². The van der Waals surface area contributed by atoms with Crippen molar-refractivity contribution in [2.24, 2.45) is 0 Å². The second-order valence-electron chi connectivity index (χ2n) is 4.15. The molecule has 0 saturated carbocycles. The molecule has 0 aromatic heterocycles. The largest absolute Gasteiger partial charge is 0.353 e. The Labute approximate surface area is 128 Å². The Morgan fingerprint density at radius 2 is 1.38 bits per heavy atom. The molecule has 21 heavy (non-hydrogen) atoms. The number of hydrogen-bond acceptors (Lipinski definition) is 4. The normalized spacial score (nSPS) is 9.05. The number of amides is 2. The molecule has 0 atom stereocenters. The second-order valence-corrected chi connectivity index (χ2v) is 4.15. The van der Waals surface area contributed by atoms with E-state index < -0.39 is 0 Å². The molecular formula is C15H30N4O2. The highest BCUT2D eigenvalue weighted by Crippen LogP contribution is 1.74. The molecule has 6 heteroatoms. The van der Waals surface area contributed by atoms with Crippen LogP contribution in [0, 0.1) is 0 Å². The van der Waals surface area contributed by atoms with E-state index >= 15 is 0 Å². The minimum Gasteiger partial charge on any atom is -0.353 e. The summed E-state index contributed by atoms with van der Waals surface area (Å²) in [5.41, 5.74) is 0. The molecule has 0 aromatic carbocycles. The summed E-state index contributed by atoms with van der Waals surface area (Å²) in [6, 6.07) is 0. The first-order valence-corrected chi connectivity index (χ1v) is 7.28. The summed E-state index contributed by atoms with van der Waals surface area (Å²) in [6.07, 6.45) is 4.48. The van der Waals surface area contributed by atoms with Crippen LogP contribution in [0.4, 0.5) is 0 Å². The van der Waals surface area contributed by atoms with Gasteiger partial charge in [0.1, 0.15) is 0 Å². The molecule has 0 aromatic rings. The highest BCUT2D eigenvalue weighted by Gasteiger charge is 1.91. The van der Waals surface area contributed by atoms with Gasteiger partial charge in [0.15, 0.2) is 0 Å². The summed E-state index contributed by atoms with van der Waals surface area (Å²) in [5.74, 6) is -0.197. The van der Waals surface area contributed by atoms with Crippen molar-refractivity contribution < 1.29 is 9.59 Å². The lowest BCUT2D eigenvalue weighted by Gasteiger charge is -2.01. The fourth-order valence-corrected chi connectivity index (χ4v) is 1.22. The Hall–Kier alpha value is -1.66. The van der Waals surface area contributed by atoms with Crippen molar-refractivity contribution in [1.29, 1.82) is 0 Å². The Kier molecular flexibility index (Phi) is 18.9. The van der Waals surface area contributed by atoms with Crippen LogP contribution in [0.3, 0.4) is 0 Å². The van der Waals surface area contributed by atoms with Crippen molar-refractivity contribution in [2.75, 3.05) is 39.8 Å².